The number of hydrogen-bond acceptors (Lipinski definition) is 3. The van der Waals surface area contributed by atoms with E-state index < -0.39 is 0 Å². The first-order valence-corrected chi connectivity index (χ1v) is 10.4. The van der Waals surface area contributed by atoms with Crippen molar-refractivity contribution in [3.05, 3.63) is 0 Å². The van der Waals surface area contributed by atoms with Gasteiger partial charge in [0.2, 0.25) is 5.91 Å². The van der Waals surface area contributed by atoms with E-state index in [1.54, 1.807) is 0 Å². The number of ether oxygens (including phenoxy) is 1. The van der Waals surface area contributed by atoms with Gasteiger partial charge in [-0.25, -0.2) is 0 Å². The van der Waals surface area contributed by atoms with Gasteiger partial charge in [0, 0.05) is 26.1 Å². The van der Waals surface area contributed by atoms with Crippen LogP contribution in [-0.4, -0.2) is 49.7 Å². The van der Waals surface area contributed by atoms with E-state index in [1.165, 1.54) is 64.6 Å². The first-order chi connectivity index (χ1) is 11.8. The van der Waals surface area contributed by atoms with Crippen LogP contribution in [0.3, 0.4) is 0 Å². The standard InChI is InChI=1S/C20H36N2O2/c23-20(21-15-19-7-4-14-24-19)9-8-17-10-12-22(13-11-17)16-18-5-2-1-3-6-18/h17-19H,1-16H2,(H,21,23)/t19-/m1/s1. The van der Waals surface area contributed by atoms with Gasteiger partial charge in [-0.3, -0.25) is 4.79 Å². The summed E-state index contributed by atoms with van der Waals surface area (Å²) in [5, 5.41) is 3.05. The Bertz CT molecular complexity index is 368. The van der Waals surface area contributed by atoms with E-state index in [0.29, 0.717) is 13.0 Å². The average molecular weight is 337 g/mol. The highest BCUT2D eigenvalue weighted by molar-refractivity contribution is 5.75. The normalized spacial score (nSPS) is 27.4. The predicted octanol–water partition coefficient (Wildman–Crippen LogP) is 3.35. The first kappa shape index (κ1) is 18.2. The molecule has 1 aliphatic carbocycles. The molecule has 0 unspecified atom stereocenters. The second kappa shape index (κ2) is 9.76. The van der Waals surface area contributed by atoms with E-state index in [4.69, 9.17) is 4.74 Å². The van der Waals surface area contributed by atoms with Crippen LogP contribution < -0.4 is 5.32 Å². The minimum atomic E-state index is 0.218. The molecule has 0 aromatic carbocycles. The second-order valence-corrected chi connectivity index (χ2v) is 8.23. The zero-order chi connectivity index (χ0) is 16.6. The lowest BCUT2D eigenvalue weighted by atomic mass is 9.87. The van der Waals surface area contributed by atoms with Crippen molar-refractivity contribution < 1.29 is 9.53 Å². The molecule has 1 N–H and O–H groups in total. The number of nitrogens with zero attached hydrogens (tertiary/aromatic N) is 1. The van der Waals surface area contributed by atoms with Crippen molar-refractivity contribution in [1.29, 1.82) is 0 Å². The van der Waals surface area contributed by atoms with Gasteiger partial charge in [-0.2, -0.15) is 0 Å². The van der Waals surface area contributed by atoms with E-state index >= 15 is 0 Å². The van der Waals surface area contributed by atoms with Crippen molar-refractivity contribution >= 4 is 5.91 Å². The zero-order valence-electron chi connectivity index (χ0n) is 15.3. The monoisotopic (exact) mass is 336 g/mol. The maximum Gasteiger partial charge on any atom is 0.220 e. The van der Waals surface area contributed by atoms with E-state index in [2.05, 4.69) is 10.2 Å². The number of rotatable bonds is 7. The van der Waals surface area contributed by atoms with Gasteiger partial charge in [-0.05, 0) is 69.9 Å². The summed E-state index contributed by atoms with van der Waals surface area (Å²) < 4.78 is 5.55. The van der Waals surface area contributed by atoms with Gasteiger partial charge in [0.1, 0.15) is 0 Å². The molecular weight excluding hydrogens is 300 g/mol. The van der Waals surface area contributed by atoms with Crippen molar-refractivity contribution in [3.8, 4) is 0 Å². The lowest BCUT2D eigenvalue weighted by molar-refractivity contribution is -0.122. The van der Waals surface area contributed by atoms with Crippen molar-refractivity contribution in [1.82, 2.24) is 10.2 Å². The smallest absolute Gasteiger partial charge is 0.220 e. The summed E-state index contributed by atoms with van der Waals surface area (Å²) in [7, 11) is 0. The first-order valence-electron chi connectivity index (χ1n) is 10.4. The third-order valence-corrected chi connectivity index (χ3v) is 6.28. The van der Waals surface area contributed by atoms with Crippen LogP contribution in [0, 0.1) is 11.8 Å². The van der Waals surface area contributed by atoms with Crippen LogP contribution in [0.15, 0.2) is 0 Å². The topological polar surface area (TPSA) is 41.6 Å². The van der Waals surface area contributed by atoms with E-state index in [1.807, 2.05) is 0 Å². The summed E-state index contributed by atoms with van der Waals surface area (Å²) in [4.78, 5) is 14.7. The van der Waals surface area contributed by atoms with Gasteiger partial charge in [0.05, 0.1) is 6.10 Å². The van der Waals surface area contributed by atoms with Crippen LogP contribution in [0.2, 0.25) is 0 Å². The summed E-state index contributed by atoms with van der Waals surface area (Å²) in [5.74, 6) is 1.93. The Morgan fingerprint density at radius 1 is 0.958 bits per heavy atom. The Hall–Kier alpha value is -0.610. The minimum Gasteiger partial charge on any atom is -0.376 e. The van der Waals surface area contributed by atoms with Gasteiger partial charge in [0.15, 0.2) is 0 Å². The SMILES string of the molecule is O=C(CCC1CCN(CC2CCCCC2)CC1)NC[C@H]1CCCO1. The summed E-state index contributed by atoms with van der Waals surface area (Å²) in [6.07, 6.45) is 14.1. The fourth-order valence-electron chi connectivity index (χ4n) is 4.65. The van der Waals surface area contributed by atoms with Crippen LogP contribution in [-0.2, 0) is 9.53 Å². The van der Waals surface area contributed by atoms with Crippen molar-refractivity contribution in [2.75, 3.05) is 32.8 Å². The number of nitrogens with one attached hydrogen (secondary N) is 1. The molecule has 2 saturated heterocycles. The molecule has 1 amide bonds. The largest absolute Gasteiger partial charge is 0.376 e. The van der Waals surface area contributed by atoms with Crippen LogP contribution in [0.4, 0.5) is 0 Å². The van der Waals surface area contributed by atoms with Crippen LogP contribution in [0.25, 0.3) is 0 Å². The van der Waals surface area contributed by atoms with Crippen molar-refractivity contribution in [3.63, 3.8) is 0 Å². The molecule has 4 nitrogen and oxygen atoms in total. The molecule has 3 aliphatic rings. The maximum absolute atomic E-state index is 12.0. The summed E-state index contributed by atoms with van der Waals surface area (Å²) in [5.41, 5.74) is 0. The number of carbonyl (C=O) groups excluding carboxylic acids is 1. The van der Waals surface area contributed by atoms with Crippen molar-refractivity contribution in [2.45, 2.75) is 76.7 Å². The lowest BCUT2D eigenvalue weighted by Gasteiger charge is -2.35. The van der Waals surface area contributed by atoms with Gasteiger partial charge < -0.3 is 15.0 Å². The summed E-state index contributed by atoms with van der Waals surface area (Å²) in [6, 6.07) is 0. The number of piperidine rings is 1. The Kier molecular flexibility index (Phi) is 7.40. The molecule has 3 rings (SSSR count). The third kappa shape index (κ3) is 6.03. The number of amides is 1. The lowest BCUT2D eigenvalue weighted by Crippen LogP contribution is -2.38. The minimum absolute atomic E-state index is 0.218. The molecule has 0 radical (unpaired) electrons. The van der Waals surface area contributed by atoms with Gasteiger partial charge in [-0.15, -0.1) is 0 Å². The molecule has 0 spiro atoms. The highest BCUT2D eigenvalue weighted by Crippen LogP contribution is 2.27. The summed E-state index contributed by atoms with van der Waals surface area (Å²) >= 11 is 0. The van der Waals surface area contributed by atoms with Gasteiger partial charge in [-0.1, -0.05) is 19.3 Å². The highest BCUT2D eigenvalue weighted by Gasteiger charge is 2.23. The zero-order valence-corrected chi connectivity index (χ0v) is 15.3. The molecule has 1 saturated carbocycles. The van der Waals surface area contributed by atoms with Crippen molar-refractivity contribution in [2.24, 2.45) is 11.8 Å². The maximum atomic E-state index is 12.0. The molecule has 1 atom stereocenters. The third-order valence-electron chi connectivity index (χ3n) is 6.28. The second-order valence-electron chi connectivity index (χ2n) is 8.23. The molecule has 2 heterocycles. The fraction of sp³-hybridized carbons (Fsp3) is 0.950. The van der Waals surface area contributed by atoms with Gasteiger partial charge >= 0.3 is 0 Å². The molecule has 0 aromatic heterocycles. The average Bonchev–Trinajstić information content (AvgIpc) is 3.14. The number of hydrogen-bond donors (Lipinski definition) is 1. The predicted molar refractivity (Wildman–Crippen MR) is 97.0 cm³/mol. The molecule has 3 fully saturated rings. The molecule has 4 heteroatoms. The molecule has 0 bridgehead atoms. The number of carbonyl (C=O) groups is 1. The van der Waals surface area contributed by atoms with E-state index in [0.717, 1.165) is 37.7 Å². The molecule has 24 heavy (non-hydrogen) atoms. The van der Waals surface area contributed by atoms with E-state index in [-0.39, 0.29) is 12.0 Å². The van der Waals surface area contributed by atoms with Crippen LogP contribution in [0.5, 0.6) is 0 Å². The number of likely N-dealkylation sites (tertiary alicyclic amines) is 1. The van der Waals surface area contributed by atoms with Crippen LogP contribution in [0.1, 0.15) is 70.6 Å². The quantitative estimate of drug-likeness (QED) is 0.775. The highest BCUT2D eigenvalue weighted by atomic mass is 16.5. The molecule has 2 aliphatic heterocycles. The van der Waals surface area contributed by atoms with Gasteiger partial charge in [0.25, 0.3) is 0 Å². The Labute approximate surface area is 147 Å². The molecule has 138 valence electrons. The van der Waals surface area contributed by atoms with E-state index in [9.17, 15) is 4.79 Å². The Balaban J connectivity index is 1.24. The molecule has 0 aromatic rings. The fourth-order valence-corrected chi connectivity index (χ4v) is 4.65. The van der Waals surface area contributed by atoms with Crippen LogP contribution >= 0.6 is 0 Å². The Morgan fingerprint density at radius 3 is 2.46 bits per heavy atom. The Morgan fingerprint density at radius 2 is 1.75 bits per heavy atom. The summed E-state index contributed by atoms with van der Waals surface area (Å²) in [6.45, 7) is 5.39. The molecular formula is C20H36N2O2.